The zero-order valence-electron chi connectivity index (χ0n) is 12.8. The molecule has 1 atom stereocenters. The molecule has 1 aliphatic carbocycles. The first-order valence-electron chi connectivity index (χ1n) is 7.81. The Bertz CT molecular complexity index is 260. The molecule has 0 aliphatic heterocycles. The molecule has 0 bridgehead atoms. The first-order chi connectivity index (χ1) is 9.13. The number of aliphatic imine (C=N–C) groups is 1. The van der Waals surface area contributed by atoms with E-state index in [9.17, 15) is 0 Å². The summed E-state index contributed by atoms with van der Waals surface area (Å²) in [4.78, 5) is 4.43. The van der Waals surface area contributed by atoms with Crippen LogP contribution < -0.4 is 11.1 Å². The molecule has 0 saturated heterocycles. The van der Waals surface area contributed by atoms with Gasteiger partial charge in [-0.2, -0.15) is 0 Å². The second-order valence-corrected chi connectivity index (χ2v) is 5.77. The van der Waals surface area contributed by atoms with Crippen molar-refractivity contribution < 1.29 is 4.74 Å². The molecule has 1 unspecified atom stereocenters. The third kappa shape index (κ3) is 6.81. The molecule has 0 aromatic carbocycles. The van der Waals surface area contributed by atoms with Crippen molar-refractivity contribution in [3.63, 3.8) is 0 Å². The number of ether oxygens (including phenoxy) is 1. The van der Waals surface area contributed by atoms with Gasteiger partial charge in [-0.15, -0.1) is 0 Å². The van der Waals surface area contributed by atoms with E-state index in [2.05, 4.69) is 24.2 Å². The number of nitrogens with two attached hydrogens (primary N) is 1. The van der Waals surface area contributed by atoms with Crippen LogP contribution >= 0.6 is 0 Å². The summed E-state index contributed by atoms with van der Waals surface area (Å²) in [5.74, 6) is 1.13. The fraction of sp³-hybridized carbons (Fsp3) is 0.933. The number of hydrogen-bond donors (Lipinski definition) is 2. The van der Waals surface area contributed by atoms with Gasteiger partial charge in [0.25, 0.3) is 0 Å². The standard InChI is InChI=1S/C15H31N3O/c1-4-19-14(12(2)3)10-11-17-15(16)18-13-8-6-5-7-9-13/h12-14H,4-11H2,1-3H3,(H3,16,17,18). The molecule has 1 rings (SSSR count). The minimum Gasteiger partial charge on any atom is -0.378 e. The summed E-state index contributed by atoms with van der Waals surface area (Å²) in [5.41, 5.74) is 5.94. The van der Waals surface area contributed by atoms with E-state index in [1.54, 1.807) is 0 Å². The molecule has 1 fully saturated rings. The van der Waals surface area contributed by atoms with Gasteiger partial charge in [-0.25, -0.2) is 0 Å². The molecule has 0 aromatic rings. The summed E-state index contributed by atoms with van der Waals surface area (Å²) in [5, 5.41) is 3.34. The van der Waals surface area contributed by atoms with Gasteiger partial charge >= 0.3 is 0 Å². The molecular weight excluding hydrogens is 238 g/mol. The van der Waals surface area contributed by atoms with Crippen LogP contribution in [0, 0.1) is 5.92 Å². The second-order valence-electron chi connectivity index (χ2n) is 5.77. The minimum atomic E-state index is 0.288. The lowest BCUT2D eigenvalue weighted by Crippen LogP contribution is -2.41. The van der Waals surface area contributed by atoms with Gasteiger partial charge in [0.15, 0.2) is 5.96 Å². The maximum atomic E-state index is 5.94. The van der Waals surface area contributed by atoms with E-state index >= 15 is 0 Å². The molecule has 0 amide bonds. The zero-order valence-corrected chi connectivity index (χ0v) is 12.8. The van der Waals surface area contributed by atoms with Gasteiger partial charge in [0.1, 0.15) is 0 Å². The van der Waals surface area contributed by atoms with Crippen molar-refractivity contribution in [3.8, 4) is 0 Å². The monoisotopic (exact) mass is 269 g/mol. The Morgan fingerprint density at radius 3 is 2.58 bits per heavy atom. The van der Waals surface area contributed by atoms with Crippen LogP contribution in [0.15, 0.2) is 4.99 Å². The molecule has 1 aliphatic rings. The van der Waals surface area contributed by atoms with Crippen LogP contribution in [0.1, 0.15) is 59.3 Å². The zero-order chi connectivity index (χ0) is 14.1. The molecule has 0 spiro atoms. The topological polar surface area (TPSA) is 59.6 Å². The lowest BCUT2D eigenvalue weighted by atomic mass is 9.96. The number of hydrogen-bond acceptors (Lipinski definition) is 2. The lowest BCUT2D eigenvalue weighted by molar-refractivity contribution is 0.0266. The maximum Gasteiger partial charge on any atom is 0.188 e. The summed E-state index contributed by atoms with van der Waals surface area (Å²) in [6.45, 7) is 7.93. The van der Waals surface area contributed by atoms with E-state index in [1.165, 1.54) is 32.1 Å². The van der Waals surface area contributed by atoms with Gasteiger partial charge in [-0.05, 0) is 32.1 Å². The highest BCUT2D eigenvalue weighted by atomic mass is 16.5. The highest BCUT2D eigenvalue weighted by molar-refractivity contribution is 5.78. The third-order valence-corrected chi connectivity index (χ3v) is 3.78. The van der Waals surface area contributed by atoms with Gasteiger partial charge in [-0.3, -0.25) is 4.99 Å². The van der Waals surface area contributed by atoms with Crippen molar-refractivity contribution in [1.29, 1.82) is 0 Å². The predicted octanol–water partition coefficient (Wildman–Crippen LogP) is 2.67. The third-order valence-electron chi connectivity index (χ3n) is 3.78. The summed E-state index contributed by atoms with van der Waals surface area (Å²) in [6, 6.07) is 0.533. The number of rotatable bonds is 7. The van der Waals surface area contributed by atoms with Crippen LogP contribution in [0.4, 0.5) is 0 Å². The van der Waals surface area contributed by atoms with Crippen molar-refractivity contribution in [1.82, 2.24) is 5.32 Å². The molecule has 0 radical (unpaired) electrons. The molecule has 112 valence electrons. The van der Waals surface area contributed by atoms with Crippen molar-refractivity contribution in [2.24, 2.45) is 16.6 Å². The summed E-state index contributed by atoms with van der Waals surface area (Å²) in [7, 11) is 0. The maximum absolute atomic E-state index is 5.94. The van der Waals surface area contributed by atoms with Crippen LogP contribution in [-0.4, -0.2) is 31.3 Å². The molecule has 3 N–H and O–H groups in total. The summed E-state index contributed by atoms with van der Waals surface area (Å²) < 4.78 is 5.70. The van der Waals surface area contributed by atoms with Gasteiger partial charge in [0.05, 0.1) is 6.10 Å². The quantitative estimate of drug-likeness (QED) is 0.552. The van der Waals surface area contributed by atoms with Gasteiger partial charge in [-0.1, -0.05) is 33.1 Å². The van der Waals surface area contributed by atoms with Crippen molar-refractivity contribution >= 4 is 5.96 Å². The molecule has 1 saturated carbocycles. The first kappa shape index (κ1) is 16.3. The number of nitrogens with one attached hydrogen (secondary N) is 1. The fourth-order valence-corrected chi connectivity index (χ4v) is 2.64. The fourth-order valence-electron chi connectivity index (χ4n) is 2.64. The average Bonchev–Trinajstić information content (AvgIpc) is 2.38. The number of nitrogens with zero attached hydrogens (tertiary/aromatic N) is 1. The van der Waals surface area contributed by atoms with Gasteiger partial charge in [0, 0.05) is 19.2 Å². The first-order valence-corrected chi connectivity index (χ1v) is 7.81. The smallest absolute Gasteiger partial charge is 0.188 e. The molecule has 0 heterocycles. The van der Waals surface area contributed by atoms with E-state index in [0.29, 0.717) is 17.9 Å². The second kappa shape index (κ2) is 9.18. The van der Waals surface area contributed by atoms with E-state index < -0.39 is 0 Å². The van der Waals surface area contributed by atoms with E-state index in [4.69, 9.17) is 10.5 Å². The Kier molecular flexibility index (Phi) is 7.87. The lowest BCUT2D eigenvalue weighted by Gasteiger charge is -2.23. The van der Waals surface area contributed by atoms with Crippen LogP contribution in [0.2, 0.25) is 0 Å². The van der Waals surface area contributed by atoms with Crippen LogP contribution in [0.5, 0.6) is 0 Å². The molecule has 4 heteroatoms. The van der Waals surface area contributed by atoms with E-state index in [0.717, 1.165) is 19.6 Å². The van der Waals surface area contributed by atoms with Gasteiger partial charge in [0.2, 0.25) is 0 Å². The van der Waals surface area contributed by atoms with Crippen molar-refractivity contribution in [3.05, 3.63) is 0 Å². The van der Waals surface area contributed by atoms with Crippen molar-refractivity contribution in [2.45, 2.75) is 71.4 Å². The molecular formula is C15H31N3O. The van der Waals surface area contributed by atoms with Crippen LogP contribution in [-0.2, 0) is 4.74 Å². The summed E-state index contributed by atoms with van der Waals surface area (Å²) >= 11 is 0. The molecule has 19 heavy (non-hydrogen) atoms. The van der Waals surface area contributed by atoms with Crippen molar-refractivity contribution in [2.75, 3.05) is 13.2 Å². The Morgan fingerprint density at radius 2 is 2.00 bits per heavy atom. The Balaban J connectivity index is 2.25. The normalized spacial score (nSPS) is 19.7. The highest BCUT2D eigenvalue weighted by Crippen LogP contribution is 2.17. The Labute approximate surface area is 118 Å². The van der Waals surface area contributed by atoms with E-state index in [-0.39, 0.29) is 6.10 Å². The minimum absolute atomic E-state index is 0.288. The van der Waals surface area contributed by atoms with Crippen LogP contribution in [0.3, 0.4) is 0 Å². The largest absolute Gasteiger partial charge is 0.378 e. The summed E-state index contributed by atoms with van der Waals surface area (Å²) in [6.07, 6.45) is 7.66. The van der Waals surface area contributed by atoms with E-state index in [1.807, 2.05) is 6.92 Å². The molecule has 0 aromatic heterocycles. The number of guanidine groups is 1. The highest BCUT2D eigenvalue weighted by Gasteiger charge is 2.14. The molecule has 4 nitrogen and oxygen atoms in total. The van der Waals surface area contributed by atoms with Gasteiger partial charge < -0.3 is 15.8 Å². The average molecular weight is 269 g/mol. The Morgan fingerprint density at radius 1 is 1.32 bits per heavy atom. The SMILES string of the molecule is CCOC(CCN=C(N)NC1CCCCC1)C(C)C. The van der Waals surface area contributed by atoms with Crippen LogP contribution in [0.25, 0.3) is 0 Å². The predicted molar refractivity (Wildman–Crippen MR) is 81.4 cm³/mol. The Hall–Kier alpha value is -0.770.